The van der Waals surface area contributed by atoms with Crippen LogP contribution in [0.15, 0.2) is 39.3 Å². The largest absolute Gasteiger partial charge is 0.495 e. The number of halogens is 3. The van der Waals surface area contributed by atoms with Crippen LogP contribution in [0.4, 0.5) is 5.69 Å². The van der Waals surface area contributed by atoms with Crippen LogP contribution in [0.25, 0.3) is 0 Å². The molecule has 0 aromatic heterocycles. The first-order valence-corrected chi connectivity index (χ1v) is 8.11. The van der Waals surface area contributed by atoms with Crippen LogP contribution < -0.4 is 14.8 Å². The molecule has 0 radical (unpaired) electrons. The predicted molar refractivity (Wildman–Crippen MR) is 93.7 cm³/mol. The highest BCUT2D eigenvalue weighted by molar-refractivity contribution is 9.11. The lowest BCUT2D eigenvalue weighted by atomic mass is 10.2. The summed E-state index contributed by atoms with van der Waals surface area (Å²) in [5, 5.41) is 3.97. The van der Waals surface area contributed by atoms with Crippen molar-refractivity contribution in [2.24, 2.45) is 0 Å². The van der Waals surface area contributed by atoms with Crippen LogP contribution >= 0.6 is 43.5 Å². The van der Waals surface area contributed by atoms with Crippen molar-refractivity contribution in [3.05, 3.63) is 49.9 Å². The molecular weight excluding hydrogens is 421 g/mol. The summed E-state index contributed by atoms with van der Waals surface area (Å²) in [4.78, 5) is 0. The summed E-state index contributed by atoms with van der Waals surface area (Å²) in [6, 6.07) is 9.41. The van der Waals surface area contributed by atoms with Crippen LogP contribution in [-0.4, -0.2) is 14.2 Å². The van der Waals surface area contributed by atoms with Crippen LogP contribution in [-0.2, 0) is 6.54 Å². The molecule has 3 nitrogen and oxygen atoms in total. The number of ether oxygens (including phenoxy) is 2. The van der Waals surface area contributed by atoms with E-state index in [-0.39, 0.29) is 0 Å². The third kappa shape index (κ3) is 4.05. The van der Waals surface area contributed by atoms with Gasteiger partial charge in [-0.05, 0) is 46.3 Å². The predicted octanol–water partition coefficient (Wildman–Crippen LogP) is 5.49. The van der Waals surface area contributed by atoms with Crippen molar-refractivity contribution in [3.63, 3.8) is 0 Å². The maximum absolute atomic E-state index is 6.03. The van der Waals surface area contributed by atoms with E-state index in [0.29, 0.717) is 11.6 Å². The Labute approximate surface area is 145 Å². The molecule has 1 N–H and O–H groups in total. The van der Waals surface area contributed by atoms with Gasteiger partial charge >= 0.3 is 0 Å². The Balaban J connectivity index is 2.26. The number of rotatable bonds is 5. The monoisotopic (exact) mass is 433 g/mol. The van der Waals surface area contributed by atoms with E-state index in [9.17, 15) is 0 Å². The van der Waals surface area contributed by atoms with E-state index in [0.717, 1.165) is 31.7 Å². The van der Waals surface area contributed by atoms with E-state index in [1.165, 1.54) is 0 Å². The maximum Gasteiger partial charge on any atom is 0.142 e. The second kappa shape index (κ2) is 7.38. The molecule has 0 atom stereocenters. The number of hydrogen-bond acceptors (Lipinski definition) is 3. The van der Waals surface area contributed by atoms with Gasteiger partial charge in [0.15, 0.2) is 0 Å². The van der Waals surface area contributed by atoms with Gasteiger partial charge in [0.25, 0.3) is 0 Å². The van der Waals surface area contributed by atoms with Crippen molar-refractivity contribution < 1.29 is 9.47 Å². The maximum atomic E-state index is 6.03. The summed E-state index contributed by atoms with van der Waals surface area (Å²) >= 11 is 13.0. The Morgan fingerprint density at radius 3 is 2.52 bits per heavy atom. The molecule has 0 saturated carbocycles. The molecule has 0 unspecified atom stereocenters. The van der Waals surface area contributed by atoms with Crippen molar-refractivity contribution in [3.8, 4) is 11.5 Å². The molecular formula is C15H14Br2ClNO2. The fourth-order valence-electron chi connectivity index (χ4n) is 1.98. The molecule has 2 rings (SSSR count). The molecule has 0 saturated heterocycles. The zero-order chi connectivity index (χ0) is 15.4. The van der Waals surface area contributed by atoms with Gasteiger partial charge in [0.2, 0.25) is 0 Å². The Bertz CT molecular complexity index is 650. The van der Waals surface area contributed by atoms with Gasteiger partial charge in [0, 0.05) is 21.6 Å². The topological polar surface area (TPSA) is 30.5 Å². The highest BCUT2D eigenvalue weighted by Gasteiger charge is 2.10. The highest BCUT2D eigenvalue weighted by atomic mass is 79.9. The van der Waals surface area contributed by atoms with Gasteiger partial charge in [-0.2, -0.15) is 0 Å². The molecule has 0 fully saturated rings. The molecule has 21 heavy (non-hydrogen) atoms. The molecule has 0 spiro atoms. The standard InChI is InChI=1S/C15H14Br2ClNO2/c1-20-14-4-3-11(18)7-13(14)19-8-9-5-10(16)6-12(17)15(9)21-2/h3-7,19H,8H2,1-2H3. The molecule has 2 aromatic rings. The lowest BCUT2D eigenvalue weighted by molar-refractivity contribution is 0.407. The van der Waals surface area contributed by atoms with Gasteiger partial charge in [-0.25, -0.2) is 0 Å². The zero-order valence-electron chi connectivity index (χ0n) is 11.5. The third-order valence-corrected chi connectivity index (χ3v) is 4.20. The van der Waals surface area contributed by atoms with E-state index in [1.807, 2.05) is 24.3 Å². The molecule has 2 aromatic carbocycles. The zero-order valence-corrected chi connectivity index (χ0v) is 15.5. The minimum atomic E-state index is 0.581. The molecule has 0 amide bonds. The number of anilines is 1. The Hall–Kier alpha value is -0.910. The van der Waals surface area contributed by atoms with Gasteiger partial charge < -0.3 is 14.8 Å². The second-order valence-electron chi connectivity index (χ2n) is 4.28. The van der Waals surface area contributed by atoms with Crippen molar-refractivity contribution in [2.45, 2.75) is 6.54 Å². The molecule has 0 bridgehead atoms. The van der Waals surface area contributed by atoms with Gasteiger partial charge in [-0.3, -0.25) is 0 Å². The average Bonchev–Trinajstić information content (AvgIpc) is 2.44. The van der Waals surface area contributed by atoms with Crippen LogP contribution in [0.2, 0.25) is 5.02 Å². The van der Waals surface area contributed by atoms with Crippen LogP contribution in [0, 0.1) is 0 Å². The summed E-state index contributed by atoms with van der Waals surface area (Å²) in [6.07, 6.45) is 0. The summed E-state index contributed by atoms with van der Waals surface area (Å²) in [5.41, 5.74) is 1.85. The fourth-order valence-corrected chi connectivity index (χ4v) is 3.63. The second-order valence-corrected chi connectivity index (χ2v) is 6.48. The Morgan fingerprint density at radius 2 is 1.86 bits per heavy atom. The highest BCUT2D eigenvalue weighted by Crippen LogP contribution is 2.34. The first kappa shape index (κ1) is 16.5. The quantitative estimate of drug-likeness (QED) is 0.673. The van der Waals surface area contributed by atoms with Crippen LogP contribution in [0.3, 0.4) is 0 Å². The van der Waals surface area contributed by atoms with E-state index in [4.69, 9.17) is 21.1 Å². The van der Waals surface area contributed by atoms with E-state index in [2.05, 4.69) is 37.2 Å². The summed E-state index contributed by atoms with van der Waals surface area (Å²) < 4.78 is 12.6. The van der Waals surface area contributed by atoms with Crippen molar-refractivity contribution in [1.29, 1.82) is 0 Å². The molecule has 0 aliphatic carbocycles. The first-order chi connectivity index (χ1) is 10.0. The number of nitrogens with one attached hydrogen (secondary N) is 1. The van der Waals surface area contributed by atoms with Crippen molar-refractivity contribution >= 4 is 49.1 Å². The average molecular weight is 436 g/mol. The SMILES string of the molecule is COc1ccc(Cl)cc1NCc1cc(Br)cc(Br)c1OC. The first-order valence-electron chi connectivity index (χ1n) is 6.14. The van der Waals surface area contributed by atoms with Gasteiger partial charge in [0.05, 0.1) is 24.4 Å². The third-order valence-electron chi connectivity index (χ3n) is 2.92. The van der Waals surface area contributed by atoms with Gasteiger partial charge in [-0.15, -0.1) is 0 Å². The van der Waals surface area contributed by atoms with E-state index in [1.54, 1.807) is 20.3 Å². The number of benzene rings is 2. The van der Waals surface area contributed by atoms with Crippen LogP contribution in [0.5, 0.6) is 11.5 Å². The molecule has 6 heteroatoms. The van der Waals surface area contributed by atoms with Crippen molar-refractivity contribution in [2.75, 3.05) is 19.5 Å². The van der Waals surface area contributed by atoms with Gasteiger partial charge in [0.1, 0.15) is 11.5 Å². The normalized spacial score (nSPS) is 10.3. The minimum Gasteiger partial charge on any atom is -0.495 e. The van der Waals surface area contributed by atoms with E-state index < -0.39 is 0 Å². The minimum absolute atomic E-state index is 0.581. The number of hydrogen-bond donors (Lipinski definition) is 1. The number of methoxy groups -OCH3 is 2. The summed E-state index contributed by atoms with van der Waals surface area (Å²) in [6.45, 7) is 0.581. The molecule has 0 aliphatic heterocycles. The van der Waals surface area contributed by atoms with E-state index >= 15 is 0 Å². The lowest BCUT2D eigenvalue weighted by Crippen LogP contribution is -2.04. The Morgan fingerprint density at radius 1 is 1.10 bits per heavy atom. The lowest BCUT2D eigenvalue weighted by Gasteiger charge is -2.15. The summed E-state index contributed by atoms with van der Waals surface area (Å²) in [7, 11) is 3.28. The molecule has 0 aliphatic rings. The Kier molecular flexibility index (Phi) is 5.79. The smallest absolute Gasteiger partial charge is 0.142 e. The van der Waals surface area contributed by atoms with Gasteiger partial charge in [-0.1, -0.05) is 27.5 Å². The van der Waals surface area contributed by atoms with Crippen LogP contribution in [0.1, 0.15) is 5.56 Å². The van der Waals surface area contributed by atoms with Crippen molar-refractivity contribution in [1.82, 2.24) is 0 Å². The summed E-state index contributed by atoms with van der Waals surface area (Å²) in [5.74, 6) is 1.54. The molecule has 0 heterocycles. The molecule has 112 valence electrons. The fraction of sp³-hybridized carbons (Fsp3) is 0.200.